The molecule has 0 aliphatic rings. The van der Waals surface area contributed by atoms with Gasteiger partial charge in [-0.3, -0.25) is 4.79 Å². The number of carbonyl (C=O) groups excluding carboxylic acids is 1. The van der Waals surface area contributed by atoms with Gasteiger partial charge in [0.15, 0.2) is 6.29 Å². The minimum atomic E-state index is -1.45. The molecule has 0 amide bonds. The van der Waals surface area contributed by atoms with Crippen molar-refractivity contribution in [3.05, 3.63) is 0 Å². The molecule has 0 saturated heterocycles. The van der Waals surface area contributed by atoms with Crippen molar-refractivity contribution in [3.8, 4) is 0 Å². The lowest BCUT2D eigenvalue weighted by atomic mass is 10.5. The maximum absolute atomic E-state index is 10.6. The fraction of sp³-hybridized carbons (Fsp3) is 0.909. The van der Waals surface area contributed by atoms with Crippen LogP contribution in [0.3, 0.4) is 0 Å². The lowest BCUT2D eigenvalue weighted by Gasteiger charge is -2.41. The molecule has 0 N–H and O–H groups in total. The zero-order chi connectivity index (χ0) is 10.6. The molecule has 0 rings (SSSR count). The van der Waals surface area contributed by atoms with Crippen LogP contribution in [0.25, 0.3) is 0 Å². The van der Waals surface area contributed by atoms with E-state index in [4.69, 9.17) is 0 Å². The van der Waals surface area contributed by atoms with Crippen molar-refractivity contribution < 1.29 is 4.79 Å². The van der Waals surface area contributed by atoms with Gasteiger partial charge in [0, 0.05) is 6.04 Å². The molecule has 0 aromatic rings. The van der Waals surface area contributed by atoms with Crippen molar-refractivity contribution in [2.75, 3.05) is 0 Å². The van der Waals surface area contributed by atoms with Crippen LogP contribution < -0.4 is 0 Å². The molecule has 13 heavy (non-hydrogen) atoms. The summed E-state index contributed by atoms with van der Waals surface area (Å²) >= 11 is 0. The topological polar surface area (TPSA) is 17.1 Å². The molecular formula is C11H23OSi. The van der Waals surface area contributed by atoms with E-state index in [1.807, 2.05) is 0 Å². The summed E-state index contributed by atoms with van der Waals surface area (Å²) in [6, 6.07) is 0.708. The Balaban J connectivity index is 4.92. The van der Waals surface area contributed by atoms with Crippen LogP contribution in [-0.4, -0.2) is 14.4 Å². The lowest BCUT2D eigenvalue weighted by molar-refractivity contribution is 0.558. The average molecular weight is 199 g/mol. The first-order valence-electron chi connectivity index (χ1n) is 5.24. The molecule has 0 aliphatic heterocycles. The second-order valence-corrected chi connectivity index (χ2v) is 10.9. The van der Waals surface area contributed by atoms with E-state index in [1.165, 1.54) is 0 Å². The Morgan fingerprint density at radius 3 is 1.31 bits per heavy atom. The molecule has 0 atom stereocenters. The van der Waals surface area contributed by atoms with E-state index in [-0.39, 0.29) is 0 Å². The number of rotatable bonds is 5. The van der Waals surface area contributed by atoms with E-state index < -0.39 is 8.07 Å². The predicted octanol–water partition coefficient (Wildman–Crippen LogP) is 3.77. The van der Waals surface area contributed by atoms with Gasteiger partial charge in [0.25, 0.3) is 0 Å². The Labute approximate surface area is 83.9 Å². The van der Waals surface area contributed by atoms with Crippen molar-refractivity contribution in [1.29, 1.82) is 0 Å². The first kappa shape index (κ1) is 12.9. The largest absolute Gasteiger partial charge is 0.291 e. The highest BCUT2D eigenvalue weighted by atomic mass is 28.3. The Kier molecular flexibility index (Phi) is 4.90. The second-order valence-electron chi connectivity index (χ2n) is 4.90. The summed E-state index contributed by atoms with van der Waals surface area (Å²) in [7, 11) is -1.45. The Morgan fingerprint density at radius 2 is 1.23 bits per heavy atom. The standard InChI is InChI=1S/C11H23OSi/c1-9(2)13(8-7-12,10(3)4)11(5)6/h9-11H,8H2,1-6H3. The molecule has 2 heteroatoms. The molecular weight excluding hydrogens is 176 g/mol. The van der Waals surface area contributed by atoms with Crippen LogP contribution in [0.2, 0.25) is 22.7 Å². The monoisotopic (exact) mass is 199 g/mol. The molecule has 0 aliphatic carbocycles. The summed E-state index contributed by atoms with van der Waals surface area (Å²) in [6.07, 6.45) is 2.16. The first-order chi connectivity index (χ1) is 5.89. The lowest BCUT2D eigenvalue weighted by Crippen LogP contribution is -2.44. The molecule has 0 heterocycles. The van der Waals surface area contributed by atoms with Crippen LogP contribution in [-0.2, 0) is 4.79 Å². The fourth-order valence-corrected chi connectivity index (χ4v) is 8.21. The van der Waals surface area contributed by atoms with Gasteiger partial charge in [0.2, 0.25) is 0 Å². The van der Waals surface area contributed by atoms with E-state index in [9.17, 15) is 4.79 Å². The van der Waals surface area contributed by atoms with E-state index in [0.29, 0.717) is 22.7 Å². The zero-order valence-corrected chi connectivity index (χ0v) is 10.8. The van der Waals surface area contributed by atoms with Crippen LogP contribution in [0, 0.1) is 0 Å². The van der Waals surface area contributed by atoms with Crippen molar-refractivity contribution in [3.63, 3.8) is 0 Å². The molecule has 0 aromatic heterocycles. The molecule has 0 saturated carbocycles. The van der Waals surface area contributed by atoms with E-state index >= 15 is 0 Å². The quantitative estimate of drug-likeness (QED) is 0.616. The van der Waals surface area contributed by atoms with Crippen LogP contribution in [0.1, 0.15) is 41.5 Å². The summed E-state index contributed by atoms with van der Waals surface area (Å²) < 4.78 is 0. The third-order valence-corrected chi connectivity index (χ3v) is 10.8. The van der Waals surface area contributed by atoms with Crippen LogP contribution in [0.5, 0.6) is 0 Å². The van der Waals surface area contributed by atoms with Crippen molar-refractivity contribution in [1.82, 2.24) is 0 Å². The van der Waals surface area contributed by atoms with Crippen LogP contribution in [0.4, 0.5) is 0 Å². The molecule has 0 bridgehead atoms. The Bertz CT molecular complexity index is 140. The van der Waals surface area contributed by atoms with Gasteiger partial charge in [0.1, 0.15) is 0 Å². The van der Waals surface area contributed by atoms with Gasteiger partial charge in [-0.05, 0) is 0 Å². The molecule has 1 radical (unpaired) electrons. The highest BCUT2D eigenvalue weighted by Gasteiger charge is 2.42. The summed E-state index contributed by atoms with van der Waals surface area (Å²) in [5, 5.41) is 0. The molecule has 77 valence electrons. The highest BCUT2D eigenvalue weighted by Crippen LogP contribution is 2.43. The van der Waals surface area contributed by atoms with Crippen molar-refractivity contribution >= 4 is 14.4 Å². The van der Waals surface area contributed by atoms with E-state index in [0.717, 1.165) is 0 Å². The molecule has 0 unspecified atom stereocenters. The highest BCUT2D eigenvalue weighted by molar-refractivity contribution is 6.85. The summed E-state index contributed by atoms with van der Waals surface area (Å²) in [4.78, 5) is 10.6. The number of hydrogen-bond donors (Lipinski definition) is 0. The first-order valence-corrected chi connectivity index (χ1v) is 7.68. The third kappa shape index (κ3) is 2.43. The van der Waals surface area contributed by atoms with Gasteiger partial charge in [-0.1, -0.05) is 58.2 Å². The van der Waals surface area contributed by atoms with Crippen molar-refractivity contribution in [2.24, 2.45) is 0 Å². The Hall–Kier alpha value is -0.113. The summed E-state index contributed by atoms with van der Waals surface area (Å²) in [6.45, 7) is 13.6. The minimum absolute atomic E-state index is 0.675. The van der Waals surface area contributed by atoms with Gasteiger partial charge < -0.3 is 0 Å². The van der Waals surface area contributed by atoms with Crippen molar-refractivity contribution in [2.45, 2.75) is 64.2 Å². The van der Waals surface area contributed by atoms with Gasteiger partial charge >= 0.3 is 0 Å². The molecule has 0 aromatic carbocycles. The van der Waals surface area contributed by atoms with E-state index in [2.05, 4.69) is 47.8 Å². The van der Waals surface area contributed by atoms with Crippen LogP contribution >= 0.6 is 0 Å². The maximum atomic E-state index is 10.6. The van der Waals surface area contributed by atoms with Gasteiger partial charge in [-0.2, -0.15) is 0 Å². The normalized spacial score (nSPS) is 13.0. The SMILES string of the molecule is CC(C)[Si](C[C]=O)(C(C)C)C(C)C. The minimum Gasteiger partial charge on any atom is -0.291 e. The van der Waals surface area contributed by atoms with E-state index in [1.54, 1.807) is 0 Å². The second kappa shape index (κ2) is 4.94. The maximum Gasteiger partial charge on any atom is 0.195 e. The van der Waals surface area contributed by atoms with Gasteiger partial charge in [-0.15, -0.1) is 0 Å². The smallest absolute Gasteiger partial charge is 0.195 e. The summed E-state index contributed by atoms with van der Waals surface area (Å²) in [5.41, 5.74) is 2.02. The average Bonchev–Trinajstić information content (AvgIpc) is 1.97. The third-order valence-electron chi connectivity index (χ3n) is 3.60. The Morgan fingerprint density at radius 1 is 0.923 bits per heavy atom. The number of hydrogen-bond acceptors (Lipinski definition) is 1. The van der Waals surface area contributed by atoms with Crippen LogP contribution in [0.15, 0.2) is 0 Å². The van der Waals surface area contributed by atoms with Gasteiger partial charge in [0.05, 0.1) is 8.07 Å². The predicted molar refractivity (Wildman–Crippen MR) is 61.5 cm³/mol. The zero-order valence-electron chi connectivity index (χ0n) is 9.85. The molecule has 0 spiro atoms. The molecule has 1 nitrogen and oxygen atoms in total. The summed E-state index contributed by atoms with van der Waals surface area (Å²) in [5.74, 6) is 0. The molecule has 0 fully saturated rings. The van der Waals surface area contributed by atoms with Gasteiger partial charge in [-0.25, -0.2) is 0 Å². The fourth-order valence-electron chi connectivity index (χ4n) is 2.74.